The Labute approximate surface area is 165 Å². The summed E-state index contributed by atoms with van der Waals surface area (Å²) in [5.41, 5.74) is 1.20. The quantitative estimate of drug-likeness (QED) is 0.421. The van der Waals surface area contributed by atoms with Crippen molar-refractivity contribution in [1.82, 2.24) is 0 Å². The molecule has 0 heterocycles. The van der Waals surface area contributed by atoms with Gasteiger partial charge in [-0.15, -0.1) is 0 Å². The largest absolute Gasteiger partial charge is 0.203 e. The number of aryl methyl sites for hydroxylation is 1. The fraction of sp³-hybridized carbons (Fsp3) is 0.760. The number of hydrogen-bond donors (Lipinski definition) is 0. The van der Waals surface area contributed by atoms with Crippen LogP contribution in [0.1, 0.15) is 108 Å². The molecule has 0 bridgehead atoms. The minimum absolute atomic E-state index is 0.215. The van der Waals surface area contributed by atoms with E-state index >= 15 is 0 Å². The van der Waals surface area contributed by atoms with Crippen LogP contribution in [0.5, 0.6) is 0 Å². The van der Waals surface area contributed by atoms with Crippen LogP contribution < -0.4 is 0 Å². The first-order valence-corrected chi connectivity index (χ1v) is 11.6. The van der Waals surface area contributed by atoms with Crippen LogP contribution >= 0.6 is 0 Å². The summed E-state index contributed by atoms with van der Waals surface area (Å²) in [7, 11) is 0. The summed E-state index contributed by atoms with van der Waals surface area (Å²) in [5, 5.41) is 0. The van der Waals surface area contributed by atoms with Gasteiger partial charge in [0.25, 0.3) is 0 Å². The highest BCUT2D eigenvalue weighted by Gasteiger charge is 2.32. The normalized spacial score (nSPS) is 29.0. The van der Waals surface area contributed by atoms with Gasteiger partial charge >= 0.3 is 0 Å². The number of unbranched alkanes of at least 4 members (excludes halogenated alkanes) is 2. The lowest BCUT2D eigenvalue weighted by Crippen LogP contribution is -2.25. The van der Waals surface area contributed by atoms with E-state index in [1.807, 2.05) is 12.1 Å². The summed E-state index contributed by atoms with van der Waals surface area (Å²) in [6.07, 6.45) is 15.2. The number of halogens is 2. The number of hydrogen-bond acceptors (Lipinski definition) is 0. The van der Waals surface area contributed by atoms with E-state index in [1.54, 1.807) is 0 Å². The third kappa shape index (κ3) is 5.12. The van der Waals surface area contributed by atoms with E-state index in [-0.39, 0.29) is 5.92 Å². The average molecular weight is 377 g/mol. The van der Waals surface area contributed by atoms with Gasteiger partial charge < -0.3 is 0 Å². The molecule has 0 aromatic heterocycles. The van der Waals surface area contributed by atoms with Crippen molar-refractivity contribution in [2.75, 3.05) is 0 Å². The molecule has 1 aromatic carbocycles. The van der Waals surface area contributed by atoms with Crippen LogP contribution in [0.25, 0.3) is 0 Å². The minimum atomic E-state index is -0.580. The Morgan fingerprint density at radius 1 is 0.778 bits per heavy atom. The molecule has 0 atom stereocenters. The number of rotatable bonds is 7. The van der Waals surface area contributed by atoms with Crippen molar-refractivity contribution >= 4 is 0 Å². The maximum atomic E-state index is 14.7. The Hall–Kier alpha value is -0.920. The van der Waals surface area contributed by atoms with Gasteiger partial charge in [-0.2, -0.15) is 0 Å². The molecule has 0 N–H and O–H groups in total. The minimum Gasteiger partial charge on any atom is -0.203 e. The predicted molar refractivity (Wildman–Crippen MR) is 110 cm³/mol. The first kappa shape index (κ1) is 20.8. The highest BCUT2D eigenvalue weighted by atomic mass is 19.2. The molecule has 0 spiro atoms. The van der Waals surface area contributed by atoms with Crippen molar-refractivity contribution in [2.45, 2.75) is 103 Å². The molecule has 0 radical (unpaired) electrons. The Morgan fingerprint density at radius 3 is 2.00 bits per heavy atom. The lowest BCUT2D eigenvalue weighted by atomic mass is 9.68. The van der Waals surface area contributed by atoms with E-state index in [0.29, 0.717) is 17.5 Å². The zero-order chi connectivity index (χ0) is 19.2. The molecule has 3 rings (SSSR count). The Balaban J connectivity index is 1.55. The molecule has 0 saturated heterocycles. The second-order valence-electron chi connectivity index (χ2n) is 9.20. The third-order valence-corrected chi connectivity index (χ3v) is 7.59. The van der Waals surface area contributed by atoms with Crippen molar-refractivity contribution in [3.8, 4) is 0 Å². The summed E-state index contributed by atoms with van der Waals surface area (Å²) >= 11 is 0. The van der Waals surface area contributed by atoms with E-state index in [4.69, 9.17) is 0 Å². The Morgan fingerprint density at radius 2 is 1.41 bits per heavy atom. The summed E-state index contributed by atoms with van der Waals surface area (Å²) in [4.78, 5) is 0. The van der Waals surface area contributed by atoms with Gasteiger partial charge in [0.1, 0.15) is 0 Å². The van der Waals surface area contributed by atoms with Gasteiger partial charge in [0, 0.05) is 0 Å². The zero-order valence-corrected chi connectivity index (χ0v) is 17.4. The Bertz CT molecular complexity index is 578. The van der Waals surface area contributed by atoms with Crippen LogP contribution in [0, 0.1) is 29.4 Å². The van der Waals surface area contributed by atoms with Crippen LogP contribution in [0.2, 0.25) is 0 Å². The summed E-state index contributed by atoms with van der Waals surface area (Å²) in [5.74, 6) is 1.73. The molecular weight excluding hydrogens is 338 g/mol. The van der Waals surface area contributed by atoms with E-state index in [1.165, 1.54) is 44.9 Å². The van der Waals surface area contributed by atoms with Crippen molar-refractivity contribution in [3.63, 3.8) is 0 Å². The molecule has 1 aromatic rings. The van der Waals surface area contributed by atoms with Gasteiger partial charge in [0.2, 0.25) is 0 Å². The highest BCUT2D eigenvalue weighted by Crippen LogP contribution is 2.44. The first-order valence-electron chi connectivity index (χ1n) is 11.6. The van der Waals surface area contributed by atoms with Crippen LogP contribution in [-0.2, 0) is 6.42 Å². The van der Waals surface area contributed by atoms with Gasteiger partial charge in [0.15, 0.2) is 11.6 Å². The van der Waals surface area contributed by atoms with Gasteiger partial charge in [0.05, 0.1) is 0 Å². The van der Waals surface area contributed by atoms with E-state index in [2.05, 4.69) is 13.8 Å². The van der Waals surface area contributed by atoms with E-state index in [0.717, 1.165) is 49.9 Å². The molecule has 2 aliphatic rings. The first-order chi connectivity index (χ1) is 13.1. The van der Waals surface area contributed by atoms with Gasteiger partial charge in [-0.1, -0.05) is 58.1 Å². The standard InChI is InChI=1S/C25H38F2/c1-3-5-6-7-22-16-17-23(25(27)24(22)26)21-14-12-20(13-15-21)19-10-8-18(4-2)9-11-19/h16-21H,3-15H2,1-2H3. The molecule has 2 saturated carbocycles. The lowest BCUT2D eigenvalue weighted by Gasteiger charge is -2.38. The van der Waals surface area contributed by atoms with Gasteiger partial charge in [-0.3, -0.25) is 0 Å². The average Bonchev–Trinajstić information content (AvgIpc) is 2.72. The molecular formula is C25H38F2. The van der Waals surface area contributed by atoms with Crippen LogP contribution in [0.15, 0.2) is 12.1 Å². The lowest BCUT2D eigenvalue weighted by molar-refractivity contribution is 0.158. The zero-order valence-electron chi connectivity index (χ0n) is 17.4. The summed E-state index contributed by atoms with van der Waals surface area (Å²) in [6.45, 7) is 4.45. The second kappa shape index (κ2) is 10.0. The topological polar surface area (TPSA) is 0 Å². The fourth-order valence-electron chi connectivity index (χ4n) is 5.65. The van der Waals surface area contributed by atoms with Crippen molar-refractivity contribution in [3.05, 3.63) is 34.9 Å². The van der Waals surface area contributed by atoms with Crippen LogP contribution in [0.3, 0.4) is 0 Å². The highest BCUT2D eigenvalue weighted by molar-refractivity contribution is 5.29. The summed E-state index contributed by atoms with van der Waals surface area (Å²) < 4.78 is 29.2. The van der Waals surface area contributed by atoms with Crippen LogP contribution in [-0.4, -0.2) is 0 Å². The molecule has 27 heavy (non-hydrogen) atoms. The Kier molecular flexibility index (Phi) is 7.73. The monoisotopic (exact) mass is 376 g/mol. The van der Waals surface area contributed by atoms with E-state index in [9.17, 15) is 8.78 Å². The van der Waals surface area contributed by atoms with Crippen molar-refractivity contribution in [2.24, 2.45) is 17.8 Å². The molecule has 0 unspecified atom stereocenters. The molecule has 2 fully saturated rings. The second-order valence-corrected chi connectivity index (χ2v) is 9.20. The number of benzene rings is 1. The predicted octanol–water partition coefficient (Wildman–Crippen LogP) is 8.19. The molecule has 0 amide bonds. The molecule has 2 aliphatic carbocycles. The van der Waals surface area contributed by atoms with Gasteiger partial charge in [-0.05, 0) is 86.2 Å². The maximum absolute atomic E-state index is 14.7. The molecule has 152 valence electrons. The fourth-order valence-corrected chi connectivity index (χ4v) is 5.65. The third-order valence-electron chi connectivity index (χ3n) is 7.59. The SMILES string of the molecule is CCCCCc1ccc(C2CCC(C3CCC(CC)CC3)CC2)c(F)c1F. The smallest absolute Gasteiger partial charge is 0.162 e. The van der Waals surface area contributed by atoms with Crippen LogP contribution in [0.4, 0.5) is 8.78 Å². The summed E-state index contributed by atoms with van der Waals surface area (Å²) in [6, 6.07) is 3.73. The van der Waals surface area contributed by atoms with Crippen molar-refractivity contribution < 1.29 is 8.78 Å². The van der Waals surface area contributed by atoms with E-state index < -0.39 is 11.6 Å². The maximum Gasteiger partial charge on any atom is 0.162 e. The van der Waals surface area contributed by atoms with Gasteiger partial charge in [-0.25, -0.2) is 8.78 Å². The van der Waals surface area contributed by atoms with Crippen molar-refractivity contribution in [1.29, 1.82) is 0 Å². The molecule has 2 heteroatoms. The molecule has 0 nitrogen and oxygen atoms in total. The molecule has 0 aliphatic heterocycles.